The van der Waals surface area contributed by atoms with Gasteiger partial charge in [-0.2, -0.15) is 0 Å². The summed E-state index contributed by atoms with van der Waals surface area (Å²) >= 11 is 0. The van der Waals surface area contributed by atoms with Gasteiger partial charge in [0, 0.05) is 59.4 Å². The van der Waals surface area contributed by atoms with Crippen LogP contribution < -0.4 is 14.9 Å². The molecule has 0 bridgehead atoms. The van der Waals surface area contributed by atoms with E-state index in [0.717, 1.165) is 42.5 Å². The molecule has 16 nitrogen and oxygen atoms in total. The zero-order valence-corrected chi connectivity index (χ0v) is 26.4. The summed E-state index contributed by atoms with van der Waals surface area (Å²) in [7, 11) is 0. The number of aromatic hydroxyl groups is 10. The van der Waals surface area contributed by atoms with E-state index in [1.807, 2.05) is 0 Å². The molecular weight excluding hydrogens is 688 g/mol. The summed E-state index contributed by atoms with van der Waals surface area (Å²) in [6.07, 6.45) is -6.28. The number of benzene rings is 4. The van der Waals surface area contributed by atoms with E-state index < -0.39 is 92.8 Å². The monoisotopic (exact) mass is 716 g/mol. The Morgan fingerprint density at radius 1 is 0.615 bits per heavy atom. The van der Waals surface area contributed by atoms with Crippen molar-refractivity contribution in [3.8, 4) is 69.0 Å². The summed E-state index contributed by atoms with van der Waals surface area (Å²) in [4.78, 5) is 27.0. The Balaban J connectivity index is 1.41. The van der Waals surface area contributed by atoms with Gasteiger partial charge in [0.05, 0.1) is 17.1 Å². The third-order valence-corrected chi connectivity index (χ3v) is 8.98. The summed E-state index contributed by atoms with van der Waals surface area (Å²) in [6.45, 7) is 0. The minimum Gasteiger partial charge on any atom is -0.508 e. The number of ether oxygens (including phenoxy) is 3. The van der Waals surface area contributed by atoms with Crippen LogP contribution in [0.4, 0.5) is 0 Å². The van der Waals surface area contributed by atoms with E-state index in [0.29, 0.717) is 0 Å². The number of phenolic OH excluding ortho intramolecular Hbond substituents is 9. The number of aliphatic hydroxyl groups excluding tert-OH is 1. The number of hydrogen-bond acceptors (Lipinski definition) is 16. The van der Waals surface area contributed by atoms with Crippen molar-refractivity contribution in [2.45, 2.75) is 37.3 Å². The van der Waals surface area contributed by atoms with E-state index in [1.165, 1.54) is 12.1 Å². The highest BCUT2D eigenvalue weighted by molar-refractivity contribution is 5.94. The number of carbonyl (C=O) groups excluding carboxylic acids is 1. The maximum atomic E-state index is 13.6. The van der Waals surface area contributed by atoms with Gasteiger partial charge in [-0.15, -0.1) is 0 Å². The van der Waals surface area contributed by atoms with Gasteiger partial charge in [0.25, 0.3) is 0 Å². The molecule has 2 heterocycles. The van der Waals surface area contributed by atoms with Gasteiger partial charge in [-0.05, 0) is 35.7 Å². The summed E-state index contributed by atoms with van der Waals surface area (Å²) in [5, 5.41) is 114. The van der Waals surface area contributed by atoms with Crippen molar-refractivity contribution < 1.29 is 75.2 Å². The molecule has 7 rings (SSSR count). The first kappa shape index (κ1) is 33.6. The summed E-state index contributed by atoms with van der Waals surface area (Å²) in [5.41, 5.74) is -1.58. The molecule has 0 aromatic heterocycles. The number of esters is 1. The summed E-state index contributed by atoms with van der Waals surface area (Å²) < 4.78 is 17.8. The molecule has 268 valence electrons. The van der Waals surface area contributed by atoms with Gasteiger partial charge in [0.2, 0.25) is 5.43 Å². The van der Waals surface area contributed by atoms with Crippen LogP contribution in [0.5, 0.6) is 69.0 Å². The molecule has 4 atom stereocenters. The minimum absolute atomic E-state index is 0.0376. The van der Waals surface area contributed by atoms with Crippen LogP contribution in [0.3, 0.4) is 0 Å². The van der Waals surface area contributed by atoms with E-state index in [2.05, 4.69) is 0 Å². The third kappa shape index (κ3) is 5.56. The smallest absolute Gasteiger partial charge is 0.338 e. The van der Waals surface area contributed by atoms with Gasteiger partial charge in [0.15, 0.2) is 46.7 Å². The average Bonchev–Trinajstić information content (AvgIpc) is 3.20. The lowest BCUT2D eigenvalue weighted by Gasteiger charge is -2.34. The third-order valence-electron chi connectivity index (χ3n) is 8.98. The van der Waals surface area contributed by atoms with Gasteiger partial charge < -0.3 is 70.4 Å². The van der Waals surface area contributed by atoms with Crippen LogP contribution in [0.15, 0.2) is 59.4 Å². The fourth-order valence-corrected chi connectivity index (χ4v) is 6.53. The van der Waals surface area contributed by atoms with Crippen molar-refractivity contribution in [3.63, 3.8) is 0 Å². The highest BCUT2D eigenvalue weighted by atomic mass is 16.6. The highest BCUT2D eigenvalue weighted by Crippen LogP contribution is 2.48. The molecule has 52 heavy (non-hydrogen) atoms. The van der Waals surface area contributed by atoms with Crippen LogP contribution in [0.1, 0.15) is 44.8 Å². The average molecular weight is 717 g/mol. The normalized spacial score (nSPS) is 19.2. The number of phenols is 9. The lowest BCUT2D eigenvalue weighted by Crippen LogP contribution is -2.34. The number of rotatable bonds is 4. The Labute approximate surface area is 290 Å². The Bertz CT molecular complexity index is 2370. The fraction of sp³-hybridized carbons (Fsp3) is 0.167. The maximum Gasteiger partial charge on any atom is 0.338 e. The second-order valence-electron chi connectivity index (χ2n) is 12.4. The van der Waals surface area contributed by atoms with Crippen LogP contribution in [-0.4, -0.2) is 74.3 Å². The molecule has 2 aliphatic heterocycles. The van der Waals surface area contributed by atoms with E-state index in [-0.39, 0.29) is 63.5 Å². The second-order valence-corrected chi connectivity index (χ2v) is 12.4. The lowest BCUT2D eigenvalue weighted by molar-refractivity contribution is -0.0188. The highest BCUT2D eigenvalue weighted by Gasteiger charge is 2.39. The number of aliphatic hydroxyl groups is 1. The SMILES string of the molecule is O=C(OC1Cc2c(O)cc(O)cc2OC1c1cc(O)c(=O)c2c(O)c(O)cc([C@H]3Oc4cc(O)cc(O)c4C[C@H]3O)c2c1)c1cc(O)c(O)c(O)c1. The fourth-order valence-electron chi connectivity index (χ4n) is 6.53. The van der Waals surface area contributed by atoms with E-state index in [9.17, 15) is 65.8 Å². The predicted octanol–water partition coefficient (Wildman–Crippen LogP) is 3.19. The topological polar surface area (TPSA) is 284 Å². The van der Waals surface area contributed by atoms with Crippen LogP contribution in [0, 0.1) is 0 Å². The Kier molecular flexibility index (Phi) is 7.83. The van der Waals surface area contributed by atoms with Crippen molar-refractivity contribution in [3.05, 3.63) is 92.6 Å². The van der Waals surface area contributed by atoms with Crippen molar-refractivity contribution in [1.82, 2.24) is 0 Å². The van der Waals surface area contributed by atoms with E-state index >= 15 is 0 Å². The first-order chi connectivity index (χ1) is 24.6. The molecular formula is C36H28O16. The molecule has 0 amide bonds. The first-order valence-electron chi connectivity index (χ1n) is 15.4. The molecule has 0 radical (unpaired) electrons. The van der Waals surface area contributed by atoms with Gasteiger partial charge in [0.1, 0.15) is 40.6 Å². The molecule has 0 aliphatic carbocycles. The zero-order chi connectivity index (χ0) is 37.3. The van der Waals surface area contributed by atoms with Crippen LogP contribution >= 0.6 is 0 Å². The van der Waals surface area contributed by atoms with E-state index in [4.69, 9.17) is 14.2 Å². The molecule has 0 fully saturated rings. The molecule has 11 N–H and O–H groups in total. The molecule has 0 saturated heterocycles. The van der Waals surface area contributed by atoms with Crippen molar-refractivity contribution >= 4 is 16.7 Å². The quantitative estimate of drug-likeness (QED) is 0.0940. The van der Waals surface area contributed by atoms with Gasteiger partial charge in [-0.25, -0.2) is 4.79 Å². The molecule has 2 aliphatic rings. The van der Waals surface area contributed by atoms with Crippen LogP contribution in [-0.2, 0) is 17.6 Å². The first-order valence-corrected chi connectivity index (χ1v) is 15.4. The molecule has 0 saturated carbocycles. The lowest BCUT2D eigenvalue weighted by atomic mass is 9.90. The summed E-state index contributed by atoms with van der Waals surface area (Å²) in [6, 6.07) is 9.20. The number of hydrogen-bond donors (Lipinski definition) is 11. The Morgan fingerprint density at radius 3 is 1.79 bits per heavy atom. The van der Waals surface area contributed by atoms with Gasteiger partial charge >= 0.3 is 5.97 Å². The molecule has 0 spiro atoms. The van der Waals surface area contributed by atoms with E-state index in [1.54, 1.807) is 0 Å². The largest absolute Gasteiger partial charge is 0.508 e. The van der Waals surface area contributed by atoms with Crippen molar-refractivity contribution in [2.75, 3.05) is 0 Å². The van der Waals surface area contributed by atoms with Crippen LogP contribution in [0.25, 0.3) is 10.8 Å². The van der Waals surface area contributed by atoms with Crippen molar-refractivity contribution in [2.24, 2.45) is 0 Å². The second kappa shape index (κ2) is 12.1. The Hall–Kier alpha value is -6.94. The van der Waals surface area contributed by atoms with Crippen LogP contribution in [0.2, 0.25) is 0 Å². The standard InChI is InChI=1S/C36H28O16/c37-14-5-20(39)18-10-26(45)35(51-27(18)7-14)17-9-25(44)33(48)30-16(17)1-12(2-24(43)32(30)47)34-29(11-19-21(40)6-15(38)8-28(19)50-34)52-36(49)13-3-22(41)31(46)23(42)4-13/h1-9,26,29,34-35,37-42,44-46,48H,10-11H2,(H,43,47)/t26-,29?,34?,35-/m1/s1. The minimum atomic E-state index is -1.48. The molecule has 2 unspecified atom stereocenters. The number of fused-ring (bicyclic) bond motifs is 3. The number of carbonyl (C=O) groups is 1. The Morgan fingerprint density at radius 2 is 1.17 bits per heavy atom. The predicted molar refractivity (Wildman–Crippen MR) is 176 cm³/mol. The zero-order valence-electron chi connectivity index (χ0n) is 26.4. The summed E-state index contributed by atoms with van der Waals surface area (Å²) in [5.74, 6) is -8.17. The molecule has 5 aromatic carbocycles. The van der Waals surface area contributed by atoms with Gasteiger partial charge in [-0.1, -0.05) is 0 Å². The molecule has 16 heteroatoms. The maximum absolute atomic E-state index is 13.6. The van der Waals surface area contributed by atoms with Gasteiger partial charge in [-0.3, -0.25) is 4.79 Å². The van der Waals surface area contributed by atoms with Crippen molar-refractivity contribution in [1.29, 1.82) is 0 Å². The molecule has 5 aromatic rings.